The molecule has 0 spiro atoms. The Kier molecular flexibility index (Phi) is 3.01. The van der Waals surface area contributed by atoms with Gasteiger partial charge in [-0.05, 0) is 5.56 Å². The second kappa shape index (κ2) is 4.62. The highest BCUT2D eigenvalue weighted by molar-refractivity contribution is 5.75. The molecule has 0 saturated heterocycles. The summed E-state index contributed by atoms with van der Waals surface area (Å²) in [5, 5.41) is 21.6. The van der Waals surface area contributed by atoms with Crippen LogP contribution in [0.2, 0.25) is 0 Å². The van der Waals surface area contributed by atoms with Crippen molar-refractivity contribution < 1.29 is 9.85 Å². The summed E-state index contributed by atoms with van der Waals surface area (Å²) < 4.78 is 0. The average molecular weight is 244 g/mol. The highest BCUT2D eigenvalue weighted by atomic mass is 16.6. The fraction of sp³-hybridized carbons (Fsp3) is 0. The van der Waals surface area contributed by atoms with Crippen LogP contribution < -0.4 is 0 Å². The molecule has 0 aromatic heterocycles. The van der Waals surface area contributed by atoms with E-state index in [2.05, 4.69) is 0 Å². The summed E-state index contributed by atoms with van der Waals surface area (Å²) in [4.78, 5) is 20.5. The molecule has 2 rings (SSSR count). The topological polar surface area (TPSA) is 86.3 Å². The van der Waals surface area contributed by atoms with E-state index in [-0.39, 0.29) is 16.9 Å². The van der Waals surface area contributed by atoms with Crippen LogP contribution in [0.15, 0.2) is 48.5 Å². The Hall–Kier alpha value is -2.76. The lowest BCUT2D eigenvalue weighted by Gasteiger charge is -2.02. The summed E-state index contributed by atoms with van der Waals surface area (Å²) >= 11 is 0. The molecule has 0 unspecified atom stereocenters. The first kappa shape index (κ1) is 11.7. The molecule has 0 aliphatic carbocycles. The van der Waals surface area contributed by atoms with Crippen molar-refractivity contribution in [2.24, 2.45) is 0 Å². The molecule has 2 aromatic rings. The predicted molar refractivity (Wildman–Crippen MR) is 65.2 cm³/mol. The van der Waals surface area contributed by atoms with Gasteiger partial charge in [-0.3, -0.25) is 20.2 Å². The van der Waals surface area contributed by atoms with Crippen LogP contribution in [0.4, 0.5) is 11.4 Å². The maximum Gasteiger partial charge on any atom is 0.277 e. The van der Waals surface area contributed by atoms with Crippen molar-refractivity contribution >= 4 is 11.4 Å². The fourth-order valence-corrected chi connectivity index (χ4v) is 1.65. The third-order valence-electron chi connectivity index (χ3n) is 2.47. The monoisotopic (exact) mass is 244 g/mol. The molecule has 6 nitrogen and oxygen atoms in total. The van der Waals surface area contributed by atoms with E-state index in [0.717, 1.165) is 12.1 Å². The van der Waals surface area contributed by atoms with Gasteiger partial charge in [0.1, 0.15) is 0 Å². The average Bonchev–Trinajstić information content (AvgIpc) is 2.39. The van der Waals surface area contributed by atoms with Crippen molar-refractivity contribution in [3.05, 3.63) is 68.8 Å². The van der Waals surface area contributed by atoms with Gasteiger partial charge in [-0.15, -0.1) is 0 Å². The van der Waals surface area contributed by atoms with Gasteiger partial charge in [-0.2, -0.15) is 0 Å². The molecular weight excluding hydrogens is 236 g/mol. The van der Waals surface area contributed by atoms with Crippen molar-refractivity contribution in [1.82, 2.24) is 0 Å². The van der Waals surface area contributed by atoms with Gasteiger partial charge >= 0.3 is 0 Å². The minimum absolute atomic E-state index is 0.146. The van der Waals surface area contributed by atoms with E-state index in [1.165, 1.54) is 6.07 Å². The Balaban J connectivity index is 2.65. The summed E-state index contributed by atoms with van der Waals surface area (Å²) in [7, 11) is 0. The highest BCUT2D eigenvalue weighted by Crippen LogP contribution is 2.32. The van der Waals surface area contributed by atoms with Gasteiger partial charge in [-0.1, -0.05) is 30.3 Å². The zero-order valence-corrected chi connectivity index (χ0v) is 9.15. The van der Waals surface area contributed by atoms with Crippen LogP contribution in [0.5, 0.6) is 0 Å². The maximum absolute atomic E-state index is 10.9. The number of nitrogens with zero attached hydrogens (tertiary/aromatic N) is 2. The number of hydrogen-bond acceptors (Lipinski definition) is 4. The van der Waals surface area contributed by atoms with Crippen molar-refractivity contribution in [3.63, 3.8) is 0 Å². The van der Waals surface area contributed by atoms with Crippen LogP contribution in [-0.4, -0.2) is 9.85 Å². The third-order valence-corrected chi connectivity index (χ3v) is 2.47. The lowest BCUT2D eigenvalue weighted by atomic mass is 10.0. The molecular formula is C12H8N2O4. The summed E-state index contributed by atoms with van der Waals surface area (Å²) in [6.45, 7) is 0. The van der Waals surface area contributed by atoms with Gasteiger partial charge in [0, 0.05) is 18.2 Å². The number of hydrogen-bond donors (Lipinski definition) is 0. The number of benzene rings is 2. The van der Waals surface area contributed by atoms with Crippen LogP contribution in [0, 0.1) is 20.2 Å². The molecule has 0 N–H and O–H groups in total. The quantitative estimate of drug-likeness (QED) is 0.612. The van der Waals surface area contributed by atoms with E-state index in [1.54, 1.807) is 30.3 Å². The van der Waals surface area contributed by atoms with E-state index in [9.17, 15) is 20.2 Å². The smallest absolute Gasteiger partial charge is 0.258 e. The van der Waals surface area contributed by atoms with E-state index in [4.69, 9.17) is 0 Å². The first-order valence-electron chi connectivity index (χ1n) is 5.08. The predicted octanol–water partition coefficient (Wildman–Crippen LogP) is 3.17. The Bertz CT molecular complexity index is 611. The van der Waals surface area contributed by atoms with E-state index in [1.807, 2.05) is 0 Å². The van der Waals surface area contributed by atoms with Crippen molar-refractivity contribution in [1.29, 1.82) is 0 Å². The summed E-state index contributed by atoms with van der Waals surface area (Å²) in [6.07, 6.45) is 0. The number of non-ortho nitro benzene ring substituents is 1. The largest absolute Gasteiger partial charge is 0.277 e. The summed E-state index contributed by atoms with van der Waals surface area (Å²) in [5.41, 5.74) is 0.508. The fourth-order valence-electron chi connectivity index (χ4n) is 1.65. The summed E-state index contributed by atoms with van der Waals surface area (Å²) in [5.74, 6) is 0. The van der Waals surface area contributed by atoms with Gasteiger partial charge in [-0.25, -0.2) is 0 Å². The molecule has 6 heteroatoms. The lowest BCUT2D eigenvalue weighted by Crippen LogP contribution is -1.94. The molecule has 0 fully saturated rings. The molecule has 0 aliphatic rings. The molecule has 0 atom stereocenters. The maximum atomic E-state index is 10.9. The zero-order valence-electron chi connectivity index (χ0n) is 9.15. The Morgan fingerprint density at radius 1 is 0.833 bits per heavy atom. The molecule has 0 amide bonds. The number of nitro groups is 2. The first-order chi connectivity index (χ1) is 8.59. The third kappa shape index (κ3) is 2.17. The molecule has 0 bridgehead atoms. The van der Waals surface area contributed by atoms with Crippen LogP contribution in [0.25, 0.3) is 11.1 Å². The Morgan fingerprint density at radius 2 is 1.50 bits per heavy atom. The van der Waals surface area contributed by atoms with Crippen molar-refractivity contribution in [3.8, 4) is 11.1 Å². The van der Waals surface area contributed by atoms with Crippen LogP contribution >= 0.6 is 0 Å². The first-order valence-corrected chi connectivity index (χ1v) is 5.08. The number of nitro benzene ring substituents is 2. The second-order valence-corrected chi connectivity index (χ2v) is 3.58. The molecule has 0 saturated carbocycles. The lowest BCUT2D eigenvalue weighted by molar-refractivity contribution is -0.388. The Labute approximate surface area is 102 Å². The molecule has 0 heterocycles. The van der Waals surface area contributed by atoms with Crippen molar-refractivity contribution in [2.75, 3.05) is 0 Å². The minimum atomic E-state index is -0.573. The van der Waals surface area contributed by atoms with Gasteiger partial charge in [0.15, 0.2) is 0 Å². The summed E-state index contributed by atoms with van der Waals surface area (Å²) in [6, 6.07) is 12.1. The van der Waals surface area contributed by atoms with Crippen LogP contribution in [-0.2, 0) is 0 Å². The molecule has 0 aliphatic heterocycles. The van der Waals surface area contributed by atoms with Crippen LogP contribution in [0.3, 0.4) is 0 Å². The van der Waals surface area contributed by atoms with Crippen molar-refractivity contribution in [2.45, 2.75) is 0 Å². The molecule has 2 aromatic carbocycles. The standard InChI is InChI=1S/C12H8N2O4/c15-13(16)10-6-7-12(14(17)18)11(8-10)9-4-2-1-3-5-9/h1-8H. The van der Waals surface area contributed by atoms with Gasteiger partial charge in [0.05, 0.1) is 15.4 Å². The van der Waals surface area contributed by atoms with Gasteiger partial charge in [0.25, 0.3) is 11.4 Å². The van der Waals surface area contributed by atoms with Crippen LogP contribution in [0.1, 0.15) is 0 Å². The van der Waals surface area contributed by atoms with E-state index < -0.39 is 9.85 Å². The molecule has 0 radical (unpaired) electrons. The Morgan fingerprint density at radius 3 is 2.06 bits per heavy atom. The van der Waals surface area contributed by atoms with Gasteiger partial charge in [0.2, 0.25) is 0 Å². The second-order valence-electron chi connectivity index (χ2n) is 3.58. The minimum Gasteiger partial charge on any atom is -0.258 e. The number of rotatable bonds is 3. The van der Waals surface area contributed by atoms with E-state index >= 15 is 0 Å². The van der Waals surface area contributed by atoms with E-state index in [0.29, 0.717) is 5.56 Å². The van der Waals surface area contributed by atoms with Gasteiger partial charge < -0.3 is 0 Å². The normalized spacial score (nSPS) is 10.0. The zero-order chi connectivity index (χ0) is 13.1. The SMILES string of the molecule is O=[N+]([O-])c1ccc([N+](=O)[O-])c(-c2ccccc2)c1. The highest BCUT2D eigenvalue weighted by Gasteiger charge is 2.19. The molecule has 90 valence electrons. The molecule has 18 heavy (non-hydrogen) atoms.